The predicted molar refractivity (Wildman–Crippen MR) is 51.5 cm³/mol. The van der Waals surface area contributed by atoms with Crippen LogP contribution in [0.2, 0.25) is 0 Å². The third kappa shape index (κ3) is 1.49. The van der Waals surface area contributed by atoms with Crippen molar-refractivity contribution >= 4 is 12.4 Å². The van der Waals surface area contributed by atoms with Gasteiger partial charge in [0.25, 0.3) is 0 Å². The molecule has 2 rings (SSSR count). The summed E-state index contributed by atoms with van der Waals surface area (Å²) in [7, 11) is 0. The summed E-state index contributed by atoms with van der Waals surface area (Å²) in [4.78, 5) is 0. The number of hydrogen-bond donors (Lipinski definition) is 1. The van der Waals surface area contributed by atoms with Gasteiger partial charge >= 0.3 is 0 Å². The van der Waals surface area contributed by atoms with Gasteiger partial charge in [0.1, 0.15) is 6.34 Å². The fourth-order valence-corrected chi connectivity index (χ4v) is 1.18. The smallest absolute Gasteiger partial charge is 0.108 e. The first-order valence-corrected chi connectivity index (χ1v) is 4.01. The zero-order valence-electron chi connectivity index (χ0n) is 7.01. The topological polar surface area (TPSA) is 39.5 Å². The van der Waals surface area contributed by atoms with Gasteiger partial charge in [0.05, 0.1) is 5.36 Å². The first-order valence-electron chi connectivity index (χ1n) is 4.01. The Bertz CT molecular complexity index is 459. The van der Waals surface area contributed by atoms with Crippen LogP contribution < -0.4 is 10.6 Å². The molecule has 0 saturated heterocycles. The standard InChI is InChI=1S/C10H9N3/c11-8-13-7-3-5-9-4-1-2-6-10(9)12-13/h1-8,11H. The fraction of sp³-hybridized carbons (Fsp3) is 0. The zero-order valence-corrected chi connectivity index (χ0v) is 7.01. The molecule has 0 aromatic heterocycles. The van der Waals surface area contributed by atoms with E-state index < -0.39 is 0 Å². The van der Waals surface area contributed by atoms with Crippen LogP contribution in [0.25, 0.3) is 6.08 Å². The minimum atomic E-state index is 0.885. The summed E-state index contributed by atoms with van der Waals surface area (Å²) < 4.78 is 0. The van der Waals surface area contributed by atoms with E-state index in [0.29, 0.717) is 0 Å². The van der Waals surface area contributed by atoms with Gasteiger partial charge in [-0.3, -0.25) is 5.41 Å². The first kappa shape index (κ1) is 7.73. The van der Waals surface area contributed by atoms with Crippen molar-refractivity contribution in [3.05, 3.63) is 47.1 Å². The van der Waals surface area contributed by atoms with Gasteiger partial charge < -0.3 is 0 Å². The van der Waals surface area contributed by atoms with E-state index in [-0.39, 0.29) is 0 Å². The summed E-state index contributed by atoms with van der Waals surface area (Å²) in [6.07, 6.45) is 6.77. The number of nitrogens with zero attached hydrogens (tertiary/aromatic N) is 2. The molecule has 13 heavy (non-hydrogen) atoms. The second kappa shape index (κ2) is 3.23. The SMILES string of the molecule is N=CN1C=CC=c2ccccc2=N1. The van der Waals surface area contributed by atoms with Gasteiger partial charge in [0.15, 0.2) is 0 Å². The molecule has 0 spiro atoms. The highest BCUT2D eigenvalue weighted by Crippen LogP contribution is 1.88. The molecule has 0 fully saturated rings. The molecule has 0 atom stereocenters. The van der Waals surface area contributed by atoms with Crippen LogP contribution in [0.1, 0.15) is 0 Å². The molecule has 1 aromatic carbocycles. The lowest BCUT2D eigenvalue weighted by Gasteiger charge is -2.02. The Kier molecular flexibility index (Phi) is 1.92. The second-order valence-electron chi connectivity index (χ2n) is 2.68. The van der Waals surface area contributed by atoms with Crippen LogP contribution in [-0.2, 0) is 0 Å². The van der Waals surface area contributed by atoms with Crippen molar-refractivity contribution in [3.63, 3.8) is 0 Å². The maximum atomic E-state index is 7.08. The van der Waals surface area contributed by atoms with Gasteiger partial charge in [-0.2, -0.15) is 5.10 Å². The molecule has 3 nitrogen and oxygen atoms in total. The van der Waals surface area contributed by atoms with Gasteiger partial charge in [0.2, 0.25) is 0 Å². The molecular weight excluding hydrogens is 162 g/mol. The van der Waals surface area contributed by atoms with Gasteiger partial charge in [0, 0.05) is 11.4 Å². The molecule has 1 aromatic rings. The van der Waals surface area contributed by atoms with Crippen LogP contribution in [0.15, 0.2) is 41.6 Å². The maximum Gasteiger partial charge on any atom is 0.108 e. The third-order valence-electron chi connectivity index (χ3n) is 1.81. The number of rotatable bonds is 1. The molecular formula is C10H9N3. The highest BCUT2D eigenvalue weighted by Gasteiger charge is 1.93. The second-order valence-corrected chi connectivity index (χ2v) is 2.68. The zero-order chi connectivity index (χ0) is 9.10. The Labute approximate surface area is 75.8 Å². The monoisotopic (exact) mass is 171 g/mol. The summed E-state index contributed by atoms with van der Waals surface area (Å²) in [6.45, 7) is 0. The number of fused-ring (bicyclic) bond motifs is 1. The van der Waals surface area contributed by atoms with Crippen LogP contribution in [-0.4, -0.2) is 11.3 Å². The Morgan fingerprint density at radius 2 is 2.15 bits per heavy atom. The van der Waals surface area contributed by atoms with Crippen LogP contribution in [0.4, 0.5) is 0 Å². The quantitative estimate of drug-likeness (QED) is 0.483. The van der Waals surface area contributed by atoms with Gasteiger partial charge in [-0.05, 0) is 12.1 Å². The normalized spacial score (nSPS) is 13.7. The van der Waals surface area contributed by atoms with Crippen molar-refractivity contribution in [2.24, 2.45) is 5.10 Å². The first-order chi connectivity index (χ1) is 6.40. The molecule has 1 heterocycles. The van der Waals surface area contributed by atoms with E-state index in [4.69, 9.17) is 5.41 Å². The summed E-state index contributed by atoms with van der Waals surface area (Å²) in [5.74, 6) is 0. The van der Waals surface area contributed by atoms with E-state index in [9.17, 15) is 0 Å². The highest BCUT2D eigenvalue weighted by atomic mass is 15.4. The lowest BCUT2D eigenvalue weighted by molar-refractivity contribution is 0.593. The fourth-order valence-electron chi connectivity index (χ4n) is 1.18. The van der Waals surface area contributed by atoms with Crippen LogP contribution in [0, 0.1) is 5.41 Å². The van der Waals surface area contributed by atoms with E-state index in [1.807, 2.05) is 36.4 Å². The molecule has 0 bridgehead atoms. The van der Waals surface area contributed by atoms with Crippen molar-refractivity contribution in [2.45, 2.75) is 0 Å². The van der Waals surface area contributed by atoms with E-state index in [0.717, 1.165) is 10.6 Å². The van der Waals surface area contributed by atoms with Crippen molar-refractivity contribution in [3.8, 4) is 0 Å². The molecule has 1 aliphatic heterocycles. The van der Waals surface area contributed by atoms with Crippen LogP contribution in [0.3, 0.4) is 0 Å². The largest absolute Gasteiger partial charge is 0.289 e. The molecule has 64 valence electrons. The van der Waals surface area contributed by atoms with E-state index in [2.05, 4.69) is 5.10 Å². The number of nitrogens with one attached hydrogen (secondary N) is 1. The Hall–Kier alpha value is -1.90. The summed E-state index contributed by atoms with van der Waals surface area (Å²) in [5, 5.41) is 14.7. The third-order valence-corrected chi connectivity index (χ3v) is 1.81. The molecule has 0 unspecified atom stereocenters. The van der Waals surface area contributed by atoms with Crippen LogP contribution >= 0.6 is 0 Å². The van der Waals surface area contributed by atoms with Gasteiger partial charge in [-0.25, -0.2) is 5.01 Å². The Morgan fingerprint density at radius 3 is 3.00 bits per heavy atom. The molecule has 0 saturated carbocycles. The summed E-state index contributed by atoms with van der Waals surface area (Å²) in [6, 6.07) is 7.83. The van der Waals surface area contributed by atoms with Gasteiger partial charge in [-0.1, -0.05) is 24.3 Å². The van der Waals surface area contributed by atoms with Crippen molar-refractivity contribution in [2.75, 3.05) is 0 Å². The highest BCUT2D eigenvalue weighted by molar-refractivity contribution is 5.53. The minimum absolute atomic E-state index is 0.885. The lowest BCUT2D eigenvalue weighted by atomic mass is 10.3. The summed E-state index contributed by atoms with van der Waals surface area (Å²) >= 11 is 0. The van der Waals surface area contributed by atoms with E-state index >= 15 is 0 Å². The average molecular weight is 171 g/mol. The van der Waals surface area contributed by atoms with E-state index in [1.165, 1.54) is 11.3 Å². The molecule has 0 aliphatic carbocycles. The average Bonchev–Trinajstić information content (AvgIpc) is 2.38. The van der Waals surface area contributed by atoms with E-state index in [1.54, 1.807) is 6.20 Å². The minimum Gasteiger partial charge on any atom is -0.289 e. The maximum absolute atomic E-state index is 7.08. The van der Waals surface area contributed by atoms with Crippen molar-refractivity contribution in [1.29, 1.82) is 5.41 Å². The van der Waals surface area contributed by atoms with Crippen LogP contribution in [0.5, 0.6) is 0 Å². The Balaban J connectivity index is 2.69. The molecule has 0 amide bonds. The summed E-state index contributed by atoms with van der Waals surface area (Å²) in [5.41, 5.74) is 0. The Morgan fingerprint density at radius 1 is 1.31 bits per heavy atom. The number of hydrogen-bond acceptors (Lipinski definition) is 2. The number of benzene rings is 1. The lowest BCUT2D eigenvalue weighted by Crippen LogP contribution is -2.25. The predicted octanol–water partition coefficient (Wildman–Crippen LogP) is 0.438. The molecule has 1 aliphatic rings. The molecule has 0 radical (unpaired) electrons. The van der Waals surface area contributed by atoms with Crippen molar-refractivity contribution < 1.29 is 0 Å². The number of allylic oxidation sites excluding steroid dienone is 1. The molecule has 3 heteroatoms. The van der Waals surface area contributed by atoms with Gasteiger partial charge in [-0.15, -0.1) is 0 Å². The van der Waals surface area contributed by atoms with Crippen molar-refractivity contribution in [1.82, 2.24) is 5.01 Å². The molecule has 1 N–H and O–H groups in total.